The van der Waals surface area contributed by atoms with Crippen LogP contribution in [0.15, 0.2) is 11.6 Å². The van der Waals surface area contributed by atoms with Gasteiger partial charge in [0.2, 0.25) is 6.29 Å². The molecule has 0 radical (unpaired) electrons. The summed E-state index contributed by atoms with van der Waals surface area (Å²) < 4.78 is 23.6. The molecule has 2 saturated heterocycles. The number of rotatable bonds is 7. The minimum atomic E-state index is -1.70. The SMILES string of the molecule is CC1(C)CC[C@]2(C(=O)O[C@@H]3O[C@H](CO)[C@H](O)[C@H](O)[C@@H]3O)CC[C@]3(C)C(=CC[C@@H]4[C@@]5(C)C[C@H](O)[C@H](O[C@@H]6O[C@H](CO)[C@H](O)[C@H](O)[C@@H]6O)[C@@](C)(CO)[C@H]5CC[C@]43C)[C@@H]2C1. The maximum Gasteiger partial charge on any atom is 0.315 e. The maximum atomic E-state index is 14.6. The highest BCUT2D eigenvalue weighted by molar-refractivity contribution is 5.79. The quantitative estimate of drug-likeness (QED) is 0.0940. The zero-order valence-electron chi connectivity index (χ0n) is 34.2. The summed E-state index contributed by atoms with van der Waals surface area (Å²) in [6.07, 6.45) is -9.20. The molecule has 10 N–H and O–H groups in total. The highest BCUT2D eigenvalue weighted by Crippen LogP contribution is 2.76. The summed E-state index contributed by atoms with van der Waals surface area (Å²) in [5, 5.41) is 106. The van der Waals surface area contributed by atoms with Crippen LogP contribution in [-0.2, 0) is 23.7 Å². The Kier molecular flexibility index (Phi) is 11.5. The van der Waals surface area contributed by atoms with E-state index >= 15 is 0 Å². The first kappa shape index (κ1) is 43.8. The Morgan fingerprint density at radius 1 is 0.719 bits per heavy atom. The Morgan fingerprint density at radius 2 is 1.30 bits per heavy atom. The van der Waals surface area contributed by atoms with Crippen molar-refractivity contribution in [1.82, 2.24) is 0 Å². The predicted molar refractivity (Wildman–Crippen MR) is 200 cm³/mol. The van der Waals surface area contributed by atoms with Gasteiger partial charge in [-0.2, -0.15) is 0 Å². The Balaban J connectivity index is 1.19. The van der Waals surface area contributed by atoms with Gasteiger partial charge in [-0.3, -0.25) is 4.79 Å². The van der Waals surface area contributed by atoms with E-state index in [1.54, 1.807) is 0 Å². The van der Waals surface area contributed by atoms with Crippen LogP contribution in [0.25, 0.3) is 0 Å². The maximum absolute atomic E-state index is 14.6. The highest BCUT2D eigenvalue weighted by atomic mass is 16.7. The Morgan fingerprint density at radius 3 is 1.89 bits per heavy atom. The van der Waals surface area contributed by atoms with E-state index in [2.05, 4.69) is 40.7 Å². The second-order valence-corrected chi connectivity index (χ2v) is 20.7. The fourth-order valence-electron chi connectivity index (χ4n) is 13.7. The van der Waals surface area contributed by atoms with E-state index in [0.29, 0.717) is 38.5 Å². The second kappa shape index (κ2) is 14.9. The molecule has 15 nitrogen and oxygen atoms in total. The minimum Gasteiger partial charge on any atom is -0.432 e. The molecule has 15 heteroatoms. The standard InChI is InChI=1S/C42H68O15/c1-37(2)11-13-42(36(53)57-35-32(52)30(50)28(48)24(18-44)55-35)14-12-40(5)20(21(42)15-37)7-8-26-38(3)16-22(46)33(39(4,19-45)25(38)9-10-41(26,40)6)56-34-31(51)29(49)27(47)23(17-43)54-34/h7,21-35,43-52H,8-19H2,1-6H3/t21-,22-,23+,24+,25-,26+,27-,28-,29-,30-,31-,32-,33-,34-,35-,38-,39-,40+,41+,42-/m0/s1. The number of ether oxygens (including phenoxy) is 4. The number of esters is 1. The van der Waals surface area contributed by atoms with Gasteiger partial charge in [-0.1, -0.05) is 53.2 Å². The van der Waals surface area contributed by atoms with E-state index in [4.69, 9.17) is 18.9 Å². The first-order valence-corrected chi connectivity index (χ1v) is 21.1. The molecule has 0 aromatic heterocycles. The number of aliphatic hydroxyl groups is 10. The van der Waals surface area contributed by atoms with Gasteiger partial charge in [0.15, 0.2) is 6.29 Å². The summed E-state index contributed by atoms with van der Waals surface area (Å²) >= 11 is 0. The zero-order valence-corrected chi connectivity index (χ0v) is 34.2. The molecular weight excluding hydrogens is 744 g/mol. The first-order valence-electron chi connectivity index (χ1n) is 21.1. The normalized spacial score (nSPS) is 54.7. The molecule has 0 amide bonds. The van der Waals surface area contributed by atoms with Crippen molar-refractivity contribution < 1.29 is 74.8 Å². The minimum absolute atomic E-state index is 0.0661. The average molecular weight is 813 g/mol. The molecule has 0 aromatic rings. The molecule has 20 atom stereocenters. The van der Waals surface area contributed by atoms with Crippen LogP contribution >= 0.6 is 0 Å². The summed E-state index contributed by atoms with van der Waals surface area (Å²) in [7, 11) is 0. The molecule has 0 spiro atoms. The summed E-state index contributed by atoms with van der Waals surface area (Å²) in [5.74, 6) is -0.763. The molecule has 2 aliphatic heterocycles. The van der Waals surface area contributed by atoms with E-state index in [0.717, 1.165) is 19.3 Å². The Bertz CT molecular complexity index is 1540. The number of carbonyl (C=O) groups is 1. The van der Waals surface area contributed by atoms with Crippen LogP contribution in [0.3, 0.4) is 0 Å². The van der Waals surface area contributed by atoms with Crippen LogP contribution in [0, 0.1) is 50.2 Å². The highest BCUT2D eigenvalue weighted by Gasteiger charge is 2.71. The van der Waals surface area contributed by atoms with Crippen LogP contribution in [0.5, 0.6) is 0 Å². The van der Waals surface area contributed by atoms with Gasteiger partial charge < -0.3 is 70.0 Å². The number of hydrogen-bond acceptors (Lipinski definition) is 15. The lowest BCUT2D eigenvalue weighted by atomic mass is 9.33. The Hall–Kier alpha value is -1.31. The van der Waals surface area contributed by atoms with E-state index < -0.39 is 109 Å². The van der Waals surface area contributed by atoms with E-state index in [1.165, 1.54) is 5.57 Å². The van der Waals surface area contributed by atoms with Crippen LogP contribution < -0.4 is 0 Å². The van der Waals surface area contributed by atoms with Gasteiger partial charge in [0.1, 0.15) is 48.8 Å². The van der Waals surface area contributed by atoms with Crippen molar-refractivity contribution in [3.8, 4) is 0 Å². The van der Waals surface area contributed by atoms with E-state index in [-0.39, 0.29) is 40.6 Å². The molecule has 57 heavy (non-hydrogen) atoms. The summed E-state index contributed by atoms with van der Waals surface area (Å²) in [6, 6.07) is 0. The number of allylic oxidation sites excluding steroid dienone is 2. The van der Waals surface area contributed by atoms with Gasteiger partial charge in [0.25, 0.3) is 0 Å². The monoisotopic (exact) mass is 812 g/mol. The largest absolute Gasteiger partial charge is 0.432 e. The van der Waals surface area contributed by atoms with Gasteiger partial charge in [-0.05, 0) is 97.2 Å². The van der Waals surface area contributed by atoms with Crippen LogP contribution in [0.4, 0.5) is 0 Å². The second-order valence-electron chi connectivity index (χ2n) is 20.7. The van der Waals surface area contributed by atoms with Gasteiger partial charge in [-0.15, -0.1) is 0 Å². The Labute approximate surface area is 335 Å². The van der Waals surface area contributed by atoms with Crippen molar-refractivity contribution in [1.29, 1.82) is 0 Å². The molecule has 0 aromatic carbocycles. The molecule has 6 fully saturated rings. The molecular formula is C42H68O15. The predicted octanol–water partition coefficient (Wildman–Crippen LogP) is 0.260. The van der Waals surface area contributed by atoms with Crippen molar-refractivity contribution in [2.24, 2.45) is 50.2 Å². The lowest BCUT2D eigenvalue weighted by Gasteiger charge is -2.72. The van der Waals surface area contributed by atoms with Gasteiger partial charge in [0.05, 0.1) is 37.4 Å². The van der Waals surface area contributed by atoms with Gasteiger partial charge in [-0.25, -0.2) is 0 Å². The third-order valence-electron chi connectivity index (χ3n) is 17.3. The number of fused-ring (bicyclic) bond motifs is 7. The molecule has 326 valence electrons. The average Bonchev–Trinajstić information content (AvgIpc) is 3.16. The third kappa shape index (κ3) is 6.43. The van der Waals surface area contributed by atoms with Crippen molar-refractivity contribution in [3.63, 3.8) is 0 Å². The lowest BCUT2D eigenvalue weighted by Crippen LogP contribution is -2.69. The van der Waals surface area contributed by atoms with Gasteiger partial charge in [0, 0.05) is 5.41 Å². The first-order chi connectivity index (χ1) is 26.6. The molecule has 5 aliphatic carbocycles. The number of hydrogen-bond donors (Lipinski definition) is 10. The summed E-state index contributed by atoms with van der Waals surface area (Å²) in [6.45, 7) is 11.6. The lowest BCUT2D eigenvalue weighted by molar-refractivity contribution is -0.345. The topological polar surface area (TPSA) is 256 Å². The molecule has 2 heterocycles. The van der Waals surface area contributed by atoms with Crippen molar-refractivity contribution in [2.45, 2.75) is 173 Å². The van der Waals surface area contributed by atoms with Crippen molar-refractivity contribution >= 4 is 5.97 Å². The van der Waals surface area contributed by atoms with E-state index in [1.807, 2.05) is 6.92 Å². The fourth-order valence-corrected chi connectivity index (χ4v) is 13.7. The number of carbonyl (C=O) groups excluding carboxylic acids is 1. The zero-order chi connectivity index (χ0) is 41.8. The smallest absolute Gasteiger partial charge is 0.315 e. The van der Waals surface area contributed by atoms with Gasteiger partial charge >= 0.3 is 5.97 Å². The van der Waals surface area contributed by atoms with Crippen LogP contribution in [0.2, 0.25) is 0 Å². The summed E-state index contributed by atoms with van der Waals surface area (Å²) in [5.41, 5.74) is -1.89. The molecule has 4 saturated carbocycles. The van der Waals surface area contributed by atoms with Crippen LogP contribution in [-0.4, -0.2) is 150 Å². The summed E-state index contributed by atoms with van der Waals surface area (Å²) in [4.78, 5) is 14.6. The van der Waals surface area contributed by atoms with Crippen molar-refractivity contribution in [3.05, 3.63) is 11.6 Å². The van der Waals surface area contributed by atoms with E-state index in [9.17, 15) is 55.9 Å². The fraction of sp³-hybridized carbons (Fsp3) is 0.929. The van der Waals surface area contributed by atoms with Crippen molar-refractivity contribution in [2.75, 3.05) is 19.8 Å². The molecule has 0 bridgehead atoms. The molecule has 7 aliphatic rings. The third-order valence-corrected chi connectivity index (χ3v) is 17.3. The number of aliphatic hydroxyl groups excluding tert-OH is 10. The van der Waals surface area contributed by atoms with Crippen LogP contribution in [0.1, 0.15) is 99.3 Å². The molecule has 7 rings (SSSR count). The molecule has 0 unspecified atom stereocenters.